The standard InChI is InChI=1S/C27H36FN3O2/c1-26-12-10-19-18-11-13-27(33,16-28)14-17(18)6-7-20(19)21(26)8-9-22(26)25(32)15-31-29-23-4-2-3-5-24(23)30-31/h2-5,17-22,33H,6-16H2,1H3. The van der Waals surface area contributed by atoms with Crippen molar-refractivity contribution in [1.29, 1.82) is 0 Å². The number of nitrogens with zero attached hydrogens (tertiary/aromatic N) is 3. The lowest BCUT2D eigenvalue weighted by atomic mass is 9.49. The lowest BCUT2D eigenvalue weighted by Gasteiger charge is -2.56. The van der Waals surface area contributed by atoms with Crippen molar-refractivity contribution >= 4 is 16.8 Å². The molecule has 1 aromatic heterocycles. The van der Waals surface area contributed by atoms with Crippen LogP contribution in [0, 0.1) is 40.9 Å². The Kier molecular flexibility index (Phi) is 5.17. The quantitative estimate of drug-likeness (QED) is 0.710. The van der Waals surface area contributed by atoms with Crippen molar-refractivity contribution in [3.05, 3.63) is 24.3 Å². The molecule has 33 heavy (non-hydrogen) atoms. The molecule has 1 aromatic carbocycles. The number of rotatable bonds is 4. The molecule has 0 spiro atoms. The maximum Gasteiger partial charge on any atom is 0.159 e. The third-order valence-electron chi connectivity index (χ3n) is 10.4. The SMILES string of the molecule is CC12CCC3C4CCC(O)(CF)CC4CCC3C1CCC2C(=O)Cn1nc2ccccc2n1. The second-order valence-electron chi connectivity index (χ2n) is 11.9. The molecule has 4 fully saturated rings. The number of hydrogen-bond acceptors (Lipinski definition) is 4. The second kappa shape index (κ2) is 7.86. The second-order valence-corrected chi connectivity index (χ2v) is 11.9. The highest BCUT2D eigenvalue weighted by molar-refractivity contribution is 5.82. The zero-order chi connectivity index (χ0) is 22.8. The van der Waals surface area contributed by atoms with Gasteiger partial charge in [0.05, 0.1) is 5.60 Å². The van der Waals surface area contributed by atoms with Gasteiger partial charge in [0, 0.05) is 5.92 Å². The minimum Gasteiger partial charge on any atom is -0.387 e. The summed E-state index contributed by atoms with van der Waals surface area (Å²) < 4.78 is 13.4. The number of aromatic nitrogens is 3. The molecule has 5 nitrogen and oxygen atoms in total. The molecule has 0 aliphatic heterocycles. The van der Waals surface area contributed by atoms with Gasteiger partial charge in [-0.2, -0.15) is 15.0 Å². The Morgan fingerprint density at radius 1 is 1.03 bits per heavy atom. The molecule has 0 radical (unpaired) electrons. The van der Waals surface area contributed by atoms with Crippen molar-refractivity contribution < 1.29 is 14.3 Å². The highest BCUT2D eigenvalue weighted by atomic mass is 19.1. The first-order chi connectivity index (χ1) is 15.9. The van der Waals surface area contributed by atoms with Crippen LogP contribution in [0.4, 0.5) is 4.39 Å². The average molecular weight is 454 g/mol. The number of hydrogen-bond donors (Lipinski definition) is 1. The Morgan fingerprint density at radius 3 is 2.48 bits per heavy atom. The summed E-state index contributed by atoms with van der Waals surface area (Å²) in [5.74, 6) is 3.48. The average Bonchev–Trinajstić information content (AvgIpc) is 3.38. The van der Waals surface area contributed by atoms with Gasteiger partial charge in [-0.05, 0) is 105 Å². The van der Waals surface area contributed by atoms with Gasteiger partial charge in [-0.1, -0.05) is 19.1 Å². The molecule has 178 valence electrons. The normalized spacial score (nSPS) is 42.5. The van der Waals surface area contributed by atoms with Crippen LogP contribution in [0.15, 0.2) is 24.3 Å². The summed E-state index contributed by atoms with van der Waals surface area (Å²) in [4.78, 5) is 15.1. The third-order valence-corrected chi connectivity index (χ3v) is 10.4. The van der Waals surface area contributed by atoms with E-state index in [9.17, 15) is 14.3 Å². The number of alkyl halides is 1. The summed E-state index contributed by atoms with van der Waals surface area (Å²) >= 11 is 0. The number of carbonyl (C=O) groups excluding carboxylic acids is 1. The maximum absolute atomic E-state index is 13.5. The molecule has 8 atom stereocenters. The summed E-state index contributed by atoms with van der Waals surface area (Å²) in [5, 5.41) is 19.6. The molecule has 1 heterocycles. The van der Waals surface area contributed by atoms with Crippen LogP contribution in [0.25, 0.3) is 11.0 Å². The Balaban J connectivity index is 1.17. The van der Waals surface area contributed by atoms with E-state index in [2.05, 4.69) is 17.1 Å². The fraction of sp³-hybridized carbons (Fsp3) is 0.741. The van der Waals surface area contributed by atoms with E-state index in [0.29, 0.717) is 42.4 Å². The highest BCUT2D eigenvalue weighted by Gasteiger charge is 2.59. The van der Waals surface area contributed by atoms with Crippen molar-refractivity contribution in [1.82, 2.24) is 15.0 Å². The number of carbonyl (C=O) groups is 1. The van der Waals surface area contributed by atoms with E-state index >= 15 is 0 Å². The largest absolute Gasteiger partial charge is 0.387 e. The van der Waals surface area contributed by atoms with Gasteiger partial charge < -0.3 is 5.11 Å². The Hall–Kier alpha value is -1.82. The summed E-state index contributed by atoms with van der Waals surface area (Å²) in [6.07, 6.45) is 8.95. The van der Waals surface area contributed by atoms with Gasteiger partial charge in [0.1, 0.15) is 24.3 Å². The van der Waals surface area contributed by atoms with E-state index in [1.54, 1.807) is 4.80 Å². The van der Waals surface area contributed by atoms with Gasteiger partial charge in [0.2, 0.25) is 0 Å². The number of halogens is 1. The summed E-state index contributed by atoms with van der Waals surface area (Å²) in [6.45, 7) is 2.04. The topological polar surface area (TPSA) is 68.0 Å². The number of aliphatic hydroxyl groups is 1. The maximum atomic E-state index is 13.5. The van der Waals surface area contributed by atoms with Crippen molar-refractivity contribution in [3.8, 4) is 0 Å². The third kappa shape index (κ3) is 3.46. The first kappa shape index (κ1) is 21.7. The van der Waals surface area contributed by atoms with E-state index in [0.717, 1.165) is 43.1 Å². The fourth-order valence-corrected chi connectivity index (χ4v) is 8.84. The molecule has 0 saturated heterocycles. The van der Waals surface area contributed by atoms with Crippen LogP contribution in [0.3, 0.4) is 0 Å². The lowest BCUT2D eigenvalue weighted by Crippen LogP contribution is -2.52. The van der Waals surface area contributed by atoms with Gasteiger partial charge in [0.15, 0.2) is 5.78 Å². The molecule has 4 aliphatic rings. The fourth-order valence-electron chi connectivity index (χ4n) is 8.84. The van der Waals surface area contributed by atoms with Crippen molar-refractivity contribution in [2.45, 2.75) is 76.9 Å². The summed E-state index contributed by atoms with van der Waals surface area (Å²) in [6, 6.07) is 7.77. The lowest BCUT2D eigenvalue weighted by molar-refractivity contribution is -0.134. The van der Waals surface area contributed by atoms with Crippen LogP contribution in [-0.4, -0.2) is 38.2 Å². The van der Waals surface area contributed by atoms with Crippen molar-refractivity contribution in [3.63, 3.8) is 0 Å². The van der Waals surface area contributed by atoms with Crippen LogP contribution in [0.5, 0.6) is 0 Å². The predicted molar refractivity (Wildman–Crippen MR) is 124 cm³/mol. The van der Waals surface area contributed by atoms with Crippen LogP contribution >= 0.6 is 0 Å². The molecule has 2 aromatic rings. The molecule has 4 aliphatic carbocycles. The molecule has 6 rings (SSSR count). The van der Waals surface area contributed by atoms with Crippen molar-refractivity contribution in [2.75, 3.05) is 6.67 Å². The molecule has 0 bridgehead atoms. The Labute approximate surface area is 195 Å². The van der Waals surface area contributed by atoms with Crippen LogP contribution < -0.4 is 0 Å². The Bertz CT molecular complexity index is 1020. The monoisotopic (exact) mass is 453 g/mol. The minimum atomic E-state index is -1.08. The van der Waals surface area contributed by atoms with Crippen molar-refractivity contribution in [2.24, 2.45) is 40.9 Å². The van der Waals surface area contributed by atoms with E-state index < -0.39 is 12.3 Å². The van der Waals surface area contributed by atoms with Gasteiger partial charge in [-0.25, -0.2) is 4.39 Å². The molecule has 4 saturated carbocycles. The number of ketones is 1. The molecule has 1 N–H and O–H groups in total. The number of fused-ring (bicyclic) bond motifs is 6. The van der Waals surface area contributed by atoms with E-state index in [4.69, 9.17) is 0 Å². The molecule has 6 heteroatoms. The van der Waals surface area contributed by atoms with Gasteiger partial charge >= 0.3 is 0 Å². The van der Waals surface area contributed by atoms with E-state index in [-0.39, 0.29) is 23.7 Å². The van der Waals surface area contributed by atoms with E-state index in [1.165, 1.54) is 12.8 Å². The molecular formula is C27H36FN3O2. The number of benzene rings is 1. The van der Waals surface area contributed by atoms with Crippen LogP contribution in [0.1, 0.15) is 64.7 Å². The number of Topliss-reactive ketones (excluding diaryl/α,β-unsaturated/α-hetero) is 1. The Morgan fingerprint density at radius 2 is 1.76 bits per heavy atom. The first-order valence-electron chi connectivity index (χ1n) is 13.0. The van der Waals surface area contributed by atoms with Crippen LogP contribution in [-0.2, 0) is 11.3 Å². The van der Waals surface area contributed by atoms with Gasteiger partial charge in [0.25, 0.3) is 0 Å². The molecule has 8 unspecified atom stereocenters. The highest BCUT2D eigenvalue weighted by Crippen LogP contribution is 2.64. The molecule has 0 amide bonds. The summed E-state index contributed by atoms with van der Waals surface area (Å²) in [7, 11) is 0. The predicted octanol–water partition coefficient (Wildman–Crippen LogP) is 4.97. The minimum absolute atomic E-state index is 0.0754. The molecular weight excluding hydrogens is 417 g/mol. The summed E-state index contributed by atoms with van der Waals surface area (Å²) in [5.41, 5.74) is 0.676. The zero-order valence-electron chi connectivity index (χ0n) is 19.6. The smallest absolute Gasteiger partial charge is 0.159 e. The van der Waals surface area contributed by atoms with Gasteiger partial charge in [-0.15, -0.1) is 0 Å². The van der Waals surface area contributed by atoms with Crippen LogP contribution in [0.2, 0.25) is 0 Å². The van der Waals surface area contributed by atoms with Gasteiger partial charge in [-0.3, -0.25) is 4.79 Å². The first-order valence-corrected chi connectivity index (χ1v) is 13.0. The van der Waals surface area contributed by atoms with E-state index in [1.807, 2.05) is 24.3 Å². The zero-order valence-corrected chi connectivity index (χ0v) is 19.6.